The molecule has 0 unspecified atom stereocenters. The third kappa shape index (κ3) is 1.49. The van der Waals surface area contributed by atoms with Gasteiger partial charge in [0.2, 0.25) is 0 Å². The molecule has 1 aliphatic rings. The van der Waals surface area contributed by atoms with Crippen molar-refractivity contribution in [2.75, 3.05) is 0 Å². The molecule has 0 bridgehead atoms. The van der Waals surface area contributed by atoms with Crippen molar-refractivity contribution in [3.05, 3.63) is 26.7 Å². The summed E-state index contributed by atoms with van der Waals surface area (Å²) in [4.78, 5) is 21.7. The molecule has 98 valence electrons. The molecule has 0 saturated heterocycles. The van der Waals surface area contributed by atoms with Crippen LogP contribution in [0.2, 0.25) is 0 Å². The monoisotopic (exact) mass is 274 g/mol. The first-order valence-electron chi connectivity index (χ1n) is 6.53. The van der Waals surface area contributed by atoms with Crippen LogP contribution in [-0.4, -0.2) is 19.6 Å². The van der Waals surface area contributed by atoms with Crippen molar-refractivity contribution in [2.45, 2.75) is 33.1 Å². The van der Waals surface area contributed by atoms with Gasteiger partial charge in [0.25, 0.3) is 0 Å². The SMILES string of the molecule is Cc1nc2c3c4c(sc3[nH]c(=O)n2n1)CC[C@@H](C)C4. The van der Waals surface area contributed by atoms with E-state index in [2.05, 4.69) is 22.0 Å². The van der Waals surface area contributed by atoms with Crippen LogP contribution < -0.4 is 5.69 Å². The molecule has 0 radical (unpaired) electrons. The van der Waals surface area contributed by atoms with E-state index in [1.54, 1.807) is 11.3 Å². The summed E-state index contributed by atoms with van der Waals surface area (Å²) in [5, 5.41) is 5.28. The van der Waals surface area contributed by atoms with Gasteiger partial charge in [0.05, 0.1) is 5.39 Å². The topological polar surface area (TPSA) is 63.0 Å². The number of nitrogens with one attached hydrogen (secondary N) is 1. The van der Waals surface area contributed by atoms with Gasteiger partial charge in [-0.05, 0) is 37.7 Å². The normalized spacial score (nSPS) is 19.2. The van der Waals surface area contributed by atoms with E-state index in [9.17, 15) is 4.79 Å². The number of hydrogen-bond acceptors (Lipinski definition) is 4. The molecule has 0 spiro atoms. The molecular formula is C13H14N4OS. The Labute approximate surface area is 113 Å². The molecule has 1 aliphatic carbocycles. The fourth-order valence-electron chi connectivity index (χ4n) is 2.95. The fraction of sp³-hybridized carbons (Fsp3) is 0.462. The summed E-state index contributed by atoms with van der Waals surface area (Å²) in [5.41, 5.74) is 1.88. The van der Waals surface area contributed by atoms with Crippen LogP contribution in [-0.2, 0) is 12.8 Å². The summed E-state index contributed by atoms with van der Waals surface area (Å²) in [6, 6.07) is 0. The number of aromatic nitrogens is 4. The second kappa shape index (κ2) is 3.66. The third-order valence-corrected chi connectivity index (χ3v) is 5.06. The minimum atomic E-state index is -0.199. The van der Waals surface area contributed by atoms with Crippen molar-refractivity contribution >= 4 is 27.2 Å². The Bertz CT molecular complexity index is 857. The summed E-state index contributed by atoms with van der Waals surface area (Å²) in [6.45, 7) is 4.10. The molecule has 0 fully saturated rings. The van der Waals surface area contributed by atoms with Gasteiger partial charge in [0, 0.05) is 4.88 Å². The Morgan fingerprint density at radius 3 is 3.16 bits per heavy atom. The van der Waals surface area contributed by atoms with Crippen LogP contribution in [0.15, 0.2) is 4.79 Å². The zero-order chi connectivity index (χ0) is 13.1. The van der Waals surface area contributed by atoms with Crippen LogP contribution in [0, 0.1) is 12.8 Å². The number of thiophene rings is 1. The Morgan fingerprint density at radius 1 is 1.47 bits per heavy atom. The fourth-order valence-corrected chi connectivity index (χ4v) is 4.18. The highest BCUT2D eigenvalue weighted by molar-refractivity contribution is 7.19. The van der Waals surface area contributed by atoms with Crippen LogP contribution in [0.5, 0.6) is 0 Å². The average molecular weight is 274 g/mol. The van der Waals surface area contributed by atoms with Gasteiger partial charge in [-0.1, -0.05) is 6.92 Å². The first-order chi connectivity index (χ1) is 9.13. The van der Waals surface area contributed by atoms with Gasteiger partial charge in [-0.3, -0.25) is 4.98 Å². The zero-order valence-corrected chi connectivity index (χ0v) is 11.7. The highest BCUT2D eigenvalue weighted by Gasteiger charge is 2.23. The van der Waals surface area contributed by atoms with Crippen molar-refractivity contribution < 1.29 is 0 Å². The van der Waals surface area contributed by atoms with Gasteiger partial charge >= 0.3 is 5.69 Å². The van der Waals surface area contributed by atoms with Crippen molar-refractivity contribution in [1.82, 2.24) is 19.6 Å². The number of nitrogens with zero attached hydrogens (tertiary/aromatic N) is 3. The van der Waals surface area contributed by atoms with E-state index in [1.165, 1.54) is 21.4 Å². The minimum Gasteiger partial charge on any atom is -0.297 e. The quantitative estimate of drug-likeness (QED) is 0.682. The average Bonchev–Trinajstić information content (AvgIpc) is 2.89. The maximum Gasteiger partial charge on any atom is 0.349 e. The lowest BCUT2D eigenvalue weighted by molar-refractivity contribution is 0.508. The van der Waals surface area contributed by atoms with Gasteiger partial charge in [0.1, 0.15) is 10.7 Å². The molecule has 3 heterocycles. The lowest BCUT2D eigenvalue weighted by Gasteiger charge is -2.17. The first-order valence-corrected chi connectivity index (χ1v) is 7.35. The Hall–Kier alpha value is -1.69. The molecular weight excluding hydrogens is 260 g/mol. The standard InChI is InChI=1S/C13H14N4OS/c1-6-3-4-9-8(5-6)10-11-14-7(2)16-17(11)13(18)15-12(10)19-9/h6H,3-5H2,1-2H3,(H,15,18)/t6-/m1/s1. The number of H-pyrrole nitrogens is 1. The van der Waals surface area contributed by atoms with Crippen LogP contribution in [0.25, 0.3) is 15.9 Å². The summed E-state index contributed by atoms with van der Waals surface area (Å²) >= 11 is 1.70. The summed E-state index contributed by atoms with van der Waals surface area (Å²) < 4.78 is 1.39. The molecule has 0 aliphatic heterocycles. The Morgan fingerprint density at radius 2 is 2.32 bits per heavy atom. The maximum atomic E-state index is 12.0. The van der Waals surface area contributed by atoms with Gasteiger partial charge in [-0.15, -0.1) is 16.4 Å². The third-order valence-electron chi connectivity index (χ3n) is 3.86. The lowest BCUT2D eigenvalue weighted by atomic mass is 9.89. The number of hydrogen-bond donors (Lipinski definition) is 1. The van der Waals surface area contributed by atoms with Gasteiger partial charge in [0.15, 0.2) is 5.65 Å². The summed E-state index contributed by atoms with van der Waals surface area (Å²) in [7, 11) is 0. The van der Waals surface area contributed by atoms with Gasteiger partial charge in [-0.25, -0.2) is 9.78 Å². The Balaban J connectivity index is 2.19. The summed E-state index contributed by atoms with van der Waals surface area (Å²) in [5.74, 6) is 1.34. The number of aromatic amines is 1. The second-order valence-electron chi connectivity index (χ2n) is 5.38. The van der Waals surface area contributed by atoms with Crippen LogP contribution in [0.1, 0.15) is 29.6 Å². The molecule has 3 aromatic rings. The maximum absolute atomic E-state index is 12.0. The van der Waals surface area contributed by atoms with Gasteiger partial charge in [-0.2, -0.15) is 4.52 Å². The van der Waals surface area contributed by atoms with E-state index in [4.69, 9.17) is 0 Å². The van der Waals surface area contributed by atoms with E-state index in [-0.39, 0.29) is 5.69 Å². The highest BCUT2D eigenvalue weighted by Crippen LogP contribution is 2.38. The predicted octanol–water partition coefficient (Wildman–Crippen LogP) is 2.07. The molecule has 4 rings (SSSR count). The van der Waals surface area contributed by atoms with E-state index in [0.717, 1.165) is 23.1 Å². The predicted molar refractivity (Wildman–Crippen MR) is 74.9 cm³/mol. The highest BCUT2D eigenvalue weighted by atomic mass is 32.1. The van der Waals surface area contributed by atoms with Crippen LogP contribution >= 0.6 is 11.3 Å². The Kier molecular flexibility index (Phi) is 2.15. The number of fused-ring (bicyclic) bond motifs is 5. The van der Waals surface area contributed by atoms with E-state index in [0.29, 0.717) is 17.4 Å². The zero-order valence-electron chi connectivity index (χ0n) is 10.9. The van der Waals surface area contributed by atoms with Crippen molar-refractivity contribution in [3.63, 3.8) is 0 Å². The molecule has 0 saturated carbocycles. The van der Waals surface area contributed by atoms with Crippen molar-refractivity contribution in [1.29, 1.82) is 0 Å². The van der Waals surface area contributed by atoms with Crippen molar-refractivity contribution in [2.24, 2.45) is 5.92 Å². The van der Waals surface area contributed by atoms with E-state index in [1.807, 2.05) is 6.92 Å². The van der Waals surface area contributed by atoms with Crippen molar-refractivity contribution in [3.8, 4) is 0 Å². The molecule has 0 aromatic carbocycles. The van der Waals surface area contributed by atoms with E-state index < -0.39 is 0 Å². The molecule has 0 amide bonds. The lowest BCUT2D eigenvalue weighted by Crippen LogP contribution is -2.17. The molecule has 19 heavy (non-hydrogen) atoms. The van der Waals surface area contributed by atoms with Crippen LogP contribution in [0.3, 0.4) is 0 Å². The number of rotatable bonds is 0. The molecule has 6 heteroatoms. The van der Waals surface area contributed by atoms with Crippen LogP contribution in [0.4, 0.5) is 0 Å². The minimum absolute atomic E-state index is 0.199. The largest absolute Gasteiger partial charge is 0.349 e. The van der Waals surface area contributed by atoms with Gasteiger partial charge < -0.3 is 0 Å². The molecule has 1 atom stereocenters. The number of aryl methyl sites for hydroxylation is 2. The smallest absolute Gasteiger partial charge is 0.297 e. The first kappa shape index (κ1) is 11.2. The van der Waals surface area contributed by atoms with E-state index >= 15 is 0 Å². The molecule has 5 nitrogen and oxygen atoms in total. The summed E-state index contributed by atoms with van der Waals surface area (Å²) in [6.07, 6.45) is 3.41. The second-order valence-corrected chi connectivity index (χ2v) is 6.49. The molecule has 1 N–H and O–H groups in total. The molecule has 3 aromatic heterocycles.